The summed E-state index contributed by atoms with van der Waals surface area (Å²) in [5.74, 6) is 0.133. The van der Waals surface area contributed by atoms with Crippen molar-refractivity contribution < 1.29 is 28.1 Å². The predicted molar refractivity (Wildman–Crippen MR) is 115 cm³/mol. The number of alkyl halides is 2. The van der Waals surface area contributed by atoms with E-state index in [9.17, 15) is 13.9 Å². The molecule has 8 heteroatoms. The van der Waals surface area contributed by atoms with E-state index in [0.29, 0.717) is 25.3 Å². The fourth-order valence-corrected chi connectivity index (χ4v) is 3.56. The number of aliphatic hydroxyl groups is 1. The van der Waals surface area contributed by atoms with Crippen molar-refractivity contribution >= 4 is 11.4 Å². The summed E-state index contributed by atoms with van der Waals surface area (Å²) in [5.41, 5.74) is 3.24. The highest BCUT2D eigenvalue weighted by atomic mass is 19.3. The monoisotopic (exact) mass is 442 g/mol. The summed E-state index contributed by atoms with van der Waals surface area (Å²) in [7, 11) is 0. The Bertz CT molecular complexity index is 1010. The number of hydrogen-bond donors (Lipinski definition) is 1. The van der Waals surface area contributed by atoms with E-state index in [4.69, 9.17) is 9.47 Å². The van der Waals surface area contributed by atoms with Gasteiger partial charge in [0.05, 0.1) is 13.2 Å². The third-order valence-electron chi connectivity index (χ3n) is 5.07. The minimum absolute atomic E-state index is 0.0512. The molecule has 1 aromatic heterocycles. The van der Waals surface area contributed by atoms with Gasteiger partial charge in [0.15, 0.2) is 17.8 Å². The van der Waals surface area contributed by atoms with Crippen molar-refractivity contribution in [3.05, 3.63) is 78.1 Å². The summed E-state index contributed by atoms with van der Waals surface area (Å²) < 4.78 is 42.0. The molecule has 0 bridgehead atoms. The van der Waals surface area contributed by atoms with Gasteiger partial charge in [0.2, 0.25) is 0 Å². The van der Waals surface area contributed by atoms with Gasteiger partial charge in [0, 0.05) is 42.8 Å². The SMILES string of the molecule is OCc1cccc(N(Cc2cccnc2)c2ccc(OC(F)F)c(OC3CCCO3)c2)c1. The molecule has 0 amide bonds. The van der Waals surface area contributed by atoms with Gasteiger partial charge in [-0.1, -0.05) is 18.2 Å². The molecule has 1 atom stereocenters. The number of nitrogens with zero attached hydrogens (tertiary/aromatic N) is 2. The van der Waals surface area contributed by atoms with Crippen LogP contribution in [0, 0.1) is 0 Å². The third-order valence-corrected chi connectivity index (χ3v) is 5.07. The van der Waals surface area contributed by atoms with Crippen LogP contribution in [0.1, 0.15) is 24.0 Å². The second kappa shape index (κ2) is 10.4. The lowest BCUT2D eigenvalue weighted by molar-refractivity contribution is -0.0632. The van der Waals surface area contributed by atoms with E-state index in [-0.39, 0.29) is 18.1 Å². The number of halogens is 2. The summed E-state index contributed by atoms with van der Waals surface area (Å²) in [4.78, 5) is 6.17. The Morgan fingerprint density at radius 1 is 1.06 bits per heavy atom. The van der Waals surface area contributed by atoms with Gasteiger partial charge < -0.3 is 24.2 Å². The largest absolute Gasteiger partial charge is 0.461 e. The quantitative estimate of drug-likeness (QED) is 0.502. The fraction of sp³-hybridized carbons (Fsp3) is 0.292. The summed E-state index contributed by atoms with van der Waals surface area (Å²) in [6.07, 6.45) is 4.48. The molecule has 1 N–H and O–H groups in total. The molecular weight excluding hydrogens is 418 g/mol. The van der Waals surface area contributed by atoms with E-state index in [1.54, 1.807) is 24.5 Å². The van der Waals surface area contributed by atoms with Crippen LogP contribution in [0.2, 0.25) is 0 Å². The summed E-state index contributed by atoms with van der Waals surface area (Å²) in [6.45, 7) is -2.03. The number of benzene rings is 2. The second-order valence-corrected chi connectivity index (χ2v) is 7.35. The summed E-state index contributed by atoms with van der Waals surface area (Å²) in [6, 6.07) is 16.1. The zero-order valence-electron chi connectivity index (χ0n) is 17.4. The number of aromatic nitrogens is 1. The van der Waals surface area contributed by atoms with E-state index in [2.05, 4.69) is 9.72 Å². The molecule has 0 saturated carbocycles. The van der Waals surface area contributed by atoms with Crippen LogP contribution in [-0.2, 0) is 17.9 Å². The summed E-state index contributed by atoms with van der Waals surface area (Å²) >= 11 is 0. The Hall–Kier alpha value is -3.23. The van der Waals surface area contributed by atoms with Gasteiger partial charge >= 0.3 is 6.61 Å². The van der Waals surface area contributed by atoms with Gasteiger partial charge in [-0.25, -0.2) is 0 Å². The fourth-order valence-electron chi connectivity index (χ4n) is 3.56. The Morgan fingerprint density at radius 2 is 1.91 bits per heavy atom. The molecule has 3 aromatic rings. The van der Waals surface area contributed by atoms with E-state index in [0.717, 1.165) is 23.2 Å². The lowest BCUT2D eigenvalue weighted by Crippen LogP contribution is -2.18. The topological polar surface area (TPSA) is 64.1 Å². The molecule has 1 fully saturated rings. The smallest absolute Gasteiger partial charge is 0.387 e. The Morgan fingerprint density at radius 3 is 2.62 bits per heavy atom. The molecule has 1 aliphatic heterocycles. The van der Waals surface area contributed by atoms with Crippen molar-refractivity contribution in [3.8, 4) is 11.5 Å². The normalized spacial score (nSPS) is 15.7. The first kappa shape index (κ1) is 22.0. The van der Waals surface area contributed by atoms with Crippen LogP contribution in [0.25, 0.3) is 0 Å². The molecule has 1 saturated heterocycles. The van der Waals surface area contributed by atoms with Crippen LogP contribution >= 0.6 is 0 Å². The Labute approximate surface area is 185 Å². The molecular formula is C24H24F2N2O4. The highest BCUT2D eigenvalue weighted by Gasteiger charge is 2.22. The highest BCUT2D eigenvalue weighted by molar-refractivity contribution is 5.67. The lowest BCUT2D eigenvalue weighted by atomic mass is 10.1. The van der Waals surface area contributed by atoms with Crippen molar-refractivity contribution in [2.75, 3.05) is 11.5 Å². The molecule has 0 aliphatic carbocycles. The number of aliphatic hydroxyl groups excluding tert-OH is 1. The van der Waals surface area contributed by atoms with Gasteiger partial charge in [-0.15, -0.1) is 0 Å². The Balaban J connectivity index is 1.72. The summed E-state index contributed by atoms with van der Waals surface area (Å²) in [5, 5.41) is 9.58. The number of hydrogen-bond acceptors (Lipinski definition) is 6. The molecule has 2 heterocycles. The lowest BCUT2D eigenvalue weighted by Gasteiger charge is -2.27. The van der Waals surface area contributed by atoms with Crippen LogP contribution in [0.5, 0.6) is 11.5 Å². The molecule has 32 heavy (non-hydrogen) atoms. The average molecular weight is 442 g/mol. The number of rotatable bonds is 9. The van der Waals surface area contributed by atoms with Crippen molar-refractivity contribution in [2.45, 2.75) is 38.9 Å². The van der Waals surface area contributed by atoms with E-state index >= 15 is 0 Å². The molecule has 168 valence electrons. The molecule has 1 unspecified atom stereocenters. The molecule has 1 aliphatic rings. The molecule has 6 nitrogen and oxygen atoms in total. The Kier molecular flexibility index (Phi) is 7.14. The van der Waals surface area contributed by atoms with E-state index < -0.39 is 12.9 Å². The zero-order valence-corrected chi connectivity index (χ0v) is 17.4. The van der Waals surface area contributed by atoms with Crippen LogP contribution in [0.4, 0.5) is 20.2 Å². The van der Waals surface area contributed by atoms with Crippen molar-refractivity contribution in [1.82, 2.24) is 4.98 Å². The van der Waals surface area contributed by atoms with Crippen LogP contribution in [0.3, 0.4) is 0 Å². The van der Waals surface area contributed by atoms with Crippen LogP contribution in [0.15, 0.2) is 67.0 Å². The first-order valence-electron chi connectivity index (χ1n) is 10.4. The maximum absolute atomic E-state index is 13.0. The van der Waals surface area contributed by atoms with Crippen molar-refractivity contribution in [1.29, 1.82) is 0 Å². The number of ether oxygens (including phenoxy) is 3. The van der Waals surface area contributed by atoms with Gasteiger partial charge in [0.1, 0.15) is 0 Å². The van der Waals surface area contributed by atoms with Gasteiger partial charge in [-0.2, -0.15) is 8.78 Å². The first-order valence-corrected chi connectivity index (χ1v) is 10.4. The van der Waals surface area contributed by atoms with Crippen LogP contribution in [-0.4, -0.2) is 29.6 Å². The van der Waals surface area contributed by atoms with E-state index in [1.807, 2.05) is 41.3 Å². The van der Waals surface area contributed by atoms with Crippen LogP contribution < -0.4 is 14.4 Å². The molecule has 0 spiro atoms. The van der Waals surface area contributed by atoms with Crippen molar-refractivity contribution in [3.63, 3.8) is 0 Å². The third kappa shape index (κ3) is 5.52. The minimum atomic E-state index is -2.97. The molecule has 4 rings (SSSR count). The maximum Gasteiger partial charge on any atom is 0.387 e. The van der Waals surface area contributed by atoms with Gasteiger partial charge in [-0.3, -0.25) is 4.98 Å². The number of anilines is 2. The average Bonchev–Trinajstić information content (AvgIpc) is 3.32. The minimum Gasteiger partial charge on any atom is -0.461 e. The van der Waals surface area contributed by atoms with Crippen molar-refractivity contribution in [2.24, 2.45) is 0 Å². The highest BCUT2D eigenvalue weighted by Crippen LogP contribution is 2.38. The van der Waals surface area contributed by atoms with E-state index in [1.165, 1.54) is 6.07 Å². The first-order chi connectivity index (χ1) is 15.6. The maximum atomic E-state index is 13.0. The van der Waals surface area contributed by atoms with Gasteiger partial charge in [0.25, 0.3) is 0 Å². The molecule has 2 aromatic carbocycles. The second-order valence-electron chi connectivity index (χ2n) is 7.35. The standard InChI is InChI=1S/C24H24F2N2O4/c25-24(26)32-21-9-8-20(13-22(21)31-23-7-3-11-30-23)28(15-18-5-2-10-27-14-18)19-6-1-4-17(12-19)16-29/h1-2,4-6,8-10,12-14,23-24,29H,3,7,11,15-16H2. The number of pyridine rings is 1. The molecule has 0 radical (unpaired) electrons. The zero-order chi connectivity index (χ0) is 22.3. The predicted octanol–water partition coefficient (Wildman–Crippen LogP) is 5.03. The van der Waals surface area contributed by atoms with Gasteiger partial charge in [-0.05, 0) is 47.9 Å².